The molecule has 7 aromatic carbocycles. The monoisotopic (exact) mass is 571 g/mol. The highest BCUT2D eigenvalue weighted by Crippen LogP contribution is 2.41. The minimum atomic E-state index is 1.17. The third-order valence-electron chi connectivity index (χ3n) is 9.96. The van der Waals surface area contributed by atoms with Crippen LogP contribution in [0.4, 0.5) is 0 Å². The quantitative estimate of drug-likeness (QED) is 0.186. The van der Waals surface area contributed by atoms with Gasteiger partial charge in [-0.1, -0.05) is 103 Å². The highest BCUT2D eigenvalue weighted by Gasteiger charge is 2.19. The molecule has 0 bridgehead atoms. The summed E-state index contributed by atoms with van der Waals surface area (Å²) in [5.41, 5.74) is 11.0. The summed E-state index contributed by atoms with van der Waals surface area (Å²) in [5, 5.41) is 10.2. The second kappa shape index (κ2) is 8.31. The molecule has 0 unspecified atom stereocenters. The molecular formula is C42H25N3. The van der Waals surface area contributed by atoms with Crippen LogP contribution in [0, 0.1) is 0 Å². The molecule has 0 N–H and O–H groups in total. The molecule has 45 heavy (non-hydrogen) atoms. The van der Waals surface area contributed by atoms with Gasteiger partial charge in [0.15, 0.2) is 0 Å². The molecule has 11 aromatic rings. The van der Waals surface area contributed by atoms with Crippen LogP contribution in [0.1, 0.15) is 0 Å². The van der Waals surface area contributed by atoms with Crippen molar-refractivity contribution in [1.29, 1.82) is 0 Å². The van der Waals surface area contributed by atoms with Gasteiger partial charge in [0, 0.05) is 48.8 Å². The van der Waals surface area contributed by atoms with E-state index in [4.69, 9.17) is 0 Å². The fourth-order valence-corrected chi connectivity index (χ4v) is 8.19. The first-order valence-electron chi connectivity index (χ1n) is 15.5. The zero-order valence-corrected chi connectivity index (χ0v) is 24.3. The molecule has 3 nitrogen and oxygen atoms in total. The number of rotatable bonds is 1. The summed E-state index contributed by atoms with van der Waals surface area (Å²) in [6.45, 7) is 0. The molecule has 0 atom stereocenters. The summed E-state index contributed by atoms with van der Waals surface area (Å²) in [6.07, 6.45) is 0. The highest BCUT2D eigenvalue weighted by molar-refractivity contribution is 6.25. The van der Waals surface area contributed by atoms with Crippen molar-refractivity contribution < 1.29 is 0 Å². The van der Waals surface area contributed by atoms with E-state index in [1.54, 1.807) is 0 Å². The fourth-order valence-electron chi connectivity index (χ4n) is 8.19. The molecular weight excluding hydrogens is 546 g/mol. The van der Waals surface area contributed by atoms with Crippen molar-refractivity contribution in [3.8, 4) is 5.69 Å². The number of aromatic nitrogens is 3. The van der Waals surface area contributed by atoms with Crippen LogP contribution >= 0.6 is 0 Å². The van der Waals surface area contributed by atoms with Crippen LogP contribution in [0.15, 0.2) is 152 Å². The number of hydrogen-bond acceptors (Lipinski definition) is 0. The van der Waals surface area contributed by atoms with Gasteiger partial charge in [0.2, 0.25) is 0 Å². The maximum Gasteiger partial charge on any atom is 0.0703 e. The molecule has 0 aliphatic rings. The summed E-state index contributed by atoms with van der Waals surface area (Å²) in [7, 11) is 0. The van der Waals surface area contributed by atoms with Crippen LogP contribution in [0.2, 0.25) is 0 Å². The molecule has 4 heterocycles. The van der Waals surface area contributed by atoms with Crippen LogP contribution in [0.3, 0.4) is 0 Å². The van der Waals surface area contributed by atoms with Gasteiger partial charge in [0.1, 0.15) is 0 Å². The largest absolute Gasteiger partial charge is 0.309 e. The van der Waals surface area contributed by atoms with Gasteiger partial charge in [-0.3, -0.25) is 0 Å². The van der Waals surface area contributed by atoms with E-state index in [1.165, 1.54) is 92.9 Å². The first-order valence-corrected chi connectivity index (χ1v) is 15.5. The van der Waals surface area contributed by atoms with Crippen LogP contribution < -0.4 is 0 Å². The van der Waals surface area contributed by atoms with Crippen molar-refractivity contribution >= 4 is 87.2 Å². The number of nitrogens with zero attached hydrogens (tertiary/aromatic N) is 3. The van der Waals surface area contributed by atoms with Crippen molar-refractivity contribution in [2.75, 3.05) is 0 Å². The fraction of sp³-hybridized carbons (Fsp3) is 0. The zero-order chi connectivity index (χ0) is 29.2. The van der Waals surface area contributed by atoms with Crippen molar-refractivity contribution in [1.82, 2.24) is 13.4 Å². The van der Waals surface area contributed by atoms with Crippen LogP contribution in [0.5, 0.6) is 0 Å². The van der Waals surface area contributed by atoms with Crippen LogP contribution in [-0.4, -0.2) is 13.4 Å². The van der Waals surface area contributed by atoms with E-state index >= 15 is 0 Å². The Morgan fingerprint density at radius 1 is 0.267 bits per heavy atom. The Balaban J connectivity index is 1.39. The minimum Gasteiger partial charge on any atom is -0.309 e. The predicted molar refractivity (Wildman–Crippen MR) is 190 cm³/mol. The average Bonchev–Trinajstić information content (AvgIpc) is 3.73. The summed E-state index contributed by atoms with van der Waals surface area (Å²) in [4.78, 5) is 0. The number of hydrogen-bond donors (Lipinski definition) is 0. The maximum absolute atomic E-state index is 2.50. The Bertz CT molecular complexity index is 2990. The smallest absolute Gasteiger partial charge is 0.0703 e. The van der Waals surface area contributed by atoms with Crippen molar-refractivity contribution in [3.63, 3.8) is 0 Å². The van der Waals surface area contributed by atoms with E-state index in [1.807, 2.05) is 0 Å². The first kappa shape index (κ1) is 23.4. The summed E-state index contributed by atoms with van der Waals surface area (Å²) in [6, 6.07) is 55.8. The van der Waals surface area contributed by atoms with E-state index in [2.05, 4.69) is 165 Å². The Morgan fingerprint density at radius 3 is 1.20 bits per heavy atom. The third-order valence-corrected chi connectivity index (χ3v) is 9.96. The SMILES string of the molecule is c1ccc2c(c1)c1ccccc1n2-c1ccc2c(c1)c1cccc3c4cccc5c6ccccc6n(c6ccccc6n2c13)c54. The van der Waals surface area contributed by atoms with Gasteiger partial charge in [-0.15, -0.1) is 0 Å². The summed E-state index contributed by atoms with van der Waals surface area (Å²) < 4.78 is 7.40. The van der Waals surface area contributed by atoms with E-state index < -0.39 is 0 Å². The molecule has 208 valence electrons. The normalized spacial score (nSPS) is 12.4. The molecule has 0 amide bonds. The maximum atomic E-state index is 2.50. The van der Waals surface area contributed by atoms with Gasteiger partial charge in [-0.2, -0.15) is 0 Å². The minimum absolute atomic E-state index is 1.17. The zero-order valence-electron chi connectivity index (χ0n) is 24.3. The highest BCUT2D eigenvalue weighted by atomic mass is 15.0. The number of benzene rings is 7. The summed E-state index contributed by atoms with van der Waals surface area (Å²) >= 11 is 0. The number of para-hydroxylation sites is 7. The van der Waals surface area contributed by atoms with Crippen LogP contribution in [-0.2, 0) is 0 Å². The molecule has 0 fully saturated rings. The molecule has 0 saturated heterocycles. The average molecular weight is 572 g/mol. The van der Waals surface area contributed by atoms with E-state index in [0.29, 0.717) is 0 Å². The molecule has 0 saturated carbocycles. The Morgan fingerprint density at radius 2 is 0.644 bits per heavy atom. The molecule has 11 rings (SSSR count). The van der Waals surface area contributed by atoms with Crippen molar-refractivity contribution in [3.05, 3.63) is 152 Å². The topological polar surface area (TPSA) is 13.8 Å². The lowest BCUT2D eigenvalue weighted by atomic mass is 10.0. The molecule has 0 spiro atoms. The Labute approximate surface area is 257 Å². The molecule has 0 aliphatic heterocycles. The standard InChI is InChI=1S/C42H25N3/c1-4-18-35-27(11-1)28-12-2-5-19-36(28)43(35)26-23-24-38-34(25-26)33-17-10-16-32-31-15-9-14-30-29-13-3-6-20-37(29)44(41(30)31)39-21-7-8-22-40(39)45(38)42(32)33/h1-25H. The third kappa shape index (κ3) is 2.86. The van der Waals surface area contributed by atoms with E-state index in [9.17, 15) is 0 Å². The van der Waals surface area contributed by atoms with Crippen molar-refractivity contribution in [2.45, 2.75) is 0 Å². The van der Waals surface area contributed by atoms with Crippen molar-refractivity contribution in [2.24, 2.45) is 0 Å². The van der Waals surface area contributed by atoms with E-state index in [0.717, 1.165) is 0 Å². The molecule has 0 aliphatic carbocycles. The van der Waals surface area contributed by atoms with Gasteiger partial charge in [0.05, 0.1) is 44.1 Å². The predicted octanol–water partition coefficient (Wildman–Crippen LogP) is 11.1. The lowest BCUT2D eigenvalue weighted by molar-refractivity contribution is 1.18. The van der Waals surface area contributed by atoms with Crippen LogP contribution in [0.25, 0.3) is 92.9 Å². The van der Waals surface area contributed by atoms with Gasteiger partial charge < -0.3 is 13.4 Å². The molecule has 0 radical (unpaired) electrons. The summed E-state index contributed by atoms with van der Waals surface area (Å²) in [5.74, 6) is 0. The lowest BCUT2D eigenvalue weighted by Gasteiger charge is -2.11. The van der Waals surface area contributed by atoms with Gasteiger partial charge in [-0.25, -0.2) is 0 Å². The van der Waals surface area contributed by atoms with Gasteiger partial charge in [-0.05, 0) is 48.5 Å². The lowest BCUT2D eigenvalue weighted by Crippen LogP contribution is -1.95. The Kier molecular flexibility index (Phi) is 4.32. The first-order chi connectivity index (χ1) is 22.4. The molecule has 3 heteroatoms. The van der Waals surface area contributed by atoms with Gasteiger partial charge >= 0.3 is 0 Å². The van der Waals surface area contributed by atoms with E-state index in [-0.39, 0.29) is 0 Å². The second-order valence-electron chi connectivity index (χ2n) is 12.2. The second-order valence-corrected chi connectivity index (χ2v) is 12.2. The molecule has 4 aromatic heterocycles. The Hall–Kier alpha value is -6.06. The van der Waals surface area contributed by atoms with Gasteiger partial charge in [0.25, 0.3) is 0 Å². The number of fused-ring (bicyclic) bond motifs is 13.